The molecule has 0 bridgehead atoms. The number of nitrogens with one attached hydrogen (secondary N) is 1. The lowest BCUT2D eigenvalue weighted by molar-refractivity contribution is -0.121. The Kier molecular flexibility index (Phi) is 5.30. The fourth-order valence-corrected chi connectivity index (χ4v) is 3.04. The molecule has 1 amide bonds. The minimum absolute atomic E-state index is 0.127. The number of ether oxygens (including phenoxy) is 1. The highest BCUT2D eigenvalue weighted by molar-refractivity contribution is 7.13. The number of rotatable bonds is 7. The molecule has 0 aliphatic heterocycles. The molecule has 7 nitrogen and oxygen atoms in total. The Morgan fingerprint density at radius 3 is 2.80 bits per heavy atom. The number of carbonyl (C=O) groups is 1. The van der Waals surface area contributed by atoms with Crippen LogP contribution in [0.4, 0.5) is 0 Å². The van der Waals surface area contributed by atoms with E-state index in [1.165, 1.54) is 15.9 Å². The van der Waals surface area contributed by atoms with E-state index in [0.717, 1.165) is 16.2 Å². The average Bonchev–Trinajstić information content (AvgIpc) is 3.26. The second-order valence-corrected chi connectivity index (χ2v) is 6.23. The molecule has 0 aliphatic carbocycles. The third kappa shape index (κ3) is 4.16. The van der Waals surface area contributed by atoms with Crippen molar-refractivity contribution >= 4 is 17.2 Å². The van der Waals surface area contributed by atoms with Gasteiger partial charge in [-0.05, 0) is 35.6 Å². The molecule has 2 aromatic heterocycles. The highest BCUT2D eigenvalue weighted by Gasteiger charge is 2.16. The lowest BCUT2D eigenvalue weighted by Crippen LogP contribution is -2.32. The quantitative estimate of drug-likeness (QED) is 0.697. The first-order valence-electron chi connectivity index (χ1n) is 7.67. The van der Waals surface area contributed by atoms with E-state index < -0.39 is 5.76 Å². The van der Waals surface area contributed by atoms with E-state index in [2.05, 4.69) is 15.0 Å². The number of thiophene rings is 1. The maximum absolute atomic E-state index is 12.1. The Hall–Kier alpha value is -2.87. The molecule has 0 fully saturated rings. The predicted octanol–water partition coefficient (Wildman–Crippen LogP) is 1.93. The molecule has 1 N–H and O–H groups in total. The number of aromatic nitrogens is 2. The molecule has 0 spiro atoms. The van der Waals surface area contributed by atoms with Crippen molar-refractivity contribution in [2.75, 3.05) is 13.7 Å². The summed E-state index contributed by atoms with van der Waals surface area (Å²) in [6, 6.07) is 11.3. The van der Waals surface area contributed by atoms with Gasteiger partial charge in [-0.15, -0.1) is 11.3 Å². The lowest BCUT2D eigenvalue weighted by Gasteiger charge is -2.07. The molecule has 25 heavy (non-hydrogen) atoms. The van der Waals surface area contributed by atoms with Crippen LogP contribution in [-0.4, -0.2) is 29.3 Å². The Bertz CT molecular complexity index is 882. The highest BCUT2D eigenvalue weighted by atomic mass is 32.1. The van der Waals surface area contributed by atoms with Gasteiger partial charge in [-0.25, -0.2) is 9.36 Å². The molecule has 0 saturated heterocycles. The zero-order chi connectivity index (χ0) is 17.6. The Morgan fingerprint density at radius 2 is 2.12 bits per heavy atom. The summed E-state index contributed by atoms with van der Waals surface area (Å²) >= 11 is 1.42. The number of carbonyl (C=O) groups excluding carboxylic acids is 1. The molecule has 0 unspecified atom stereocenters. The standard InChI is InChI=1S/C17H17N3O4S/c1-23-13-6-4-12(5-7-13)8-9-18-15(21)11-20-16(19-24-17(20)22)14-3-2-10-25-14/h2-7,10H,8-9,11H2,1H3,(H,18,21). The molecule has 0 saturated carbocycles. The van der Waals surface area contributed by atoms with Crippen LogP contribution in [0, 0.1) is 0 Å². The van der Waals surface area contributed by atoms with Crippen molar-refractivity contribution in [3.63, 3.8) is 0 Å². The molecule has 0 atom stereocenters. The van der Waals surface area contributed by atoms with E-state index in [0.29, 0.717) is 18.8 Å². The molecule has 0 radical (unpaired) electrons. The number of benzene rings is 1. The highest BCUT2D eigenvalue weighted by Crippen LogP contribution is 2.21. The van der Waals surface area contributed by atoms with Crippen molar-refractivity contribution < 1.29 is 14.1 Å². The van der Waals surface area contributed by atoms with E-state index >= 15 is 0 Å². The number of nitrogens with zero attached hydrogens (tertiary/aromatic N) is 2. The molecular formula is C17H17N3O4S. The number of hydrogen-bond donors (Lipinski definition) is 1. The summed E-state index contributed by atoms with van der Waals surface area (Å²) in [5, 5.41) is 8.42. The van der Waals surface area contributed by atoms with E-state index in [-0.39, 0.29) is 12.5 Å². The largest absolute Gasteiger partial charge is 0.497 e. The van der Waals surface area contributed by atoms with Gasteiger partial charge in [-0.3, -0.25) is 9.32 Å². The topological polar surface area (TPSA) is 86.4 Å². The van der Waals surface area contributed by atoms with Gasteiger partial charge in [0.05, 0.1) is 12.0 Å². The molecule has 0 aliphatic rings. The van der Waals surface area contributed by atoms with Gasteiger partial charge >= 0.3 is 5.76 Å². The second-order valence-electron chi connectivity index (χ2n) is 5.28. The Morgan fingerprint density at radius 1 is 1.32 bits per heavy atom. The van der Waals surface area contributed by atoms with E-state index in [4.69, 9.17) is 4.74 Å². The van der Waals surface area contributed by atoms with Gasteiger partial charge < -0.3 is 10.1 Å². The first-order chi connectivity index (χ1) is 12.2. The molecule has 130 valence electrons. The van der Waals surface area contributed by atoms with E-state index in [9.17, 15) is 9.59 Å². The normalized spacial score (nSPS) is 10.6. The molecule has 2 heterocycles. The van der Waals surface area contributed by atoms with E-state index in [1.807, 2.05) is 41.8 Å². The Labute approximate surface area is 147 Å². The smallest absolute Gasteiger partial charge is 0.442 e. The van der Waals surface area contributed by atoms with Crippen molar-refractivity contribution in [3.05, 3.63) is 57.9 Å². The lowest BCUT2D eigenvalue weighted by atomic mass is 10.1. The number of amides is 1. The van der Waals surface area contributed by atoms with Crippen LogP contribution in [0.3, 0.4) is 0 Å². The number of methoxy groups -OCH3 is 1. The minimum Gasteiger partial charge on any atom is -0.497 e. The van der Waals surface area contributed by atoms with E-state index in [1.54, 1.807) is 7.11 Å². The maximum atomic E-state index is 12.1. The third-order valence-electron chi connectivity index (χ3n) is 3.62. The zero-order valence-corrected chi connectivity index (χ0v) is 14.4. The Balaban J connectivity index is 1.56. The van der Waals surface area contributed by atoms with Gasteiger partial charge in [0, 0.05) is 6.54 Å². The van der Waals surface area contributed by atoms with Crippen LogP contribution >= 0.6 is 11.3 Å². The SMILES string of the molecule is COc1ccc(CCNC(=O)Cn2c(-c3cccs3)noc2=O)cc1. The van der Waals surface area contributed by atoms with Gasteiger partial charge in [0.15, 0.2) is 5.82 Å². The first-order valence-corrected chi connectivity index (χ1v) is 8.55. The van der Waals surface area contributed by atoms with Crippen molar-refractivity contribution in [1.82, 2.24) is 15.0 Å². The third-order valence-corrected chi connectivity index (χ3v) is 4.49. The summed E-state index contributed by atoms with van der Waals surface area (Å²) in [6.07, 6.45) is 0.687. The van der Waals surface area contributed by atoms with Crippen LogP contribution in [0.25, 0.3) is 10.7 Å². The van der Waals surface area contributed by atoms with Crippen LogP contribution in [0.5, 0.6) is 5.75 Å². The monoisotopic (exact) mass is 359 g/mol. The summed E-state index contributed by atoms with van der Waals surface area (Å²) in [5.41, 5.74) is 1.09. The van der Waals surface area contributed by atoms with Crippen LogP contribution in [0.15, 0.2) is 51.1 Å². The van der Waals surface area contributed by atoms with Crippen LogP contribution in [0.1, 0.15) is 5.56 Å². The van der Waals surface area contributed by atoms with Gasteiger partial charge in [0.1, 0.15) is 12.3 Å². The van der Waals surface area contributed by atoms with Gasteiger partial charge in [-0.1, -0.05) is 23.4 Å². The minimum atomic E-state index is -0.645. The second kappa shape index (κ2) is 7.80. The first kappa shape index (κ1) is 17.0. The fraction of sp³-hybridized carbons (Fsp3) is 0.235. The van der Waals surface area contributed by atoms with Crippen LogP contribution in [0.2, 0.25) is 0 Å². The van der Waals surface area contributed by atoms with Crippen molar-refractivity contribution in [3.8, 4) is 16.5 Å². The van der Waals surface area contributed by atoms with Crippen molar-refractivity contribution in [2.24, 2.45) is 0 Å². The molecule has 1 aromatic carbocycles. The van der Waals surface area contributed by atoms with Crippen LogP contribution in [-0.2, 0) is 17.8 Å². The molecule has 3 rings (SSSR count). The summed E-state index contributed by atoms with van der Waals surface area (Å²) in [6.45, 7) is 0.345. The summed E-state index contributed by atoms with van der Waals surface area (Å²) in [7, 11) is 1.62. The van der Waals surface area contributed by atoms with Crippen LogP contribution < -0.4 is 15.8 Å². The fourth-order valence-electron chi connectivity index (χ4n) is 2.33. The van der Waals surface area contributed by atoms with Crippen molar-refractivity contribution in [1.29, 1.82) is 0 Å². The molecule has 3 aromatic rings. The molecule has 8 heteroatoms. The summed E-state index contributed by atoms with van der Waals surface area (Å²) < 4.78 is 11.0. The summed E-state index contributed by atoms with van der Waals surface area (Å²) in [4.78, 5) is 24.7. The number of hydrogen-bond acceptors (Lipinski definition) is 6. The summed E-state index contributed by atoms with van der Waals surface area (Å²) in [5.74, 6) is 0.247. The zero-order valence-electron chi connectivity index (χ0n) is 13.6. The van der Waals surface area contributed by atoms with Crippen molar-refractivity contribution in [2.45, 2.75) is 13.0 Å². The van der Waals surface area contributed by atoms with Gasteiger partial charge in [0.2, 0.25) is 5.91 Å². The maximum Gasteiger partial charge on any atom is 0.442 e. The average molecular weight is 359 g/mol. The van der Waals surface area contributed by atoms with Gasteiger partial charge in [-0.2, -0.15) is 0 Å². The predicted molar refractivity (Wildman–Crippen MR) is 93.8 cm³/mol. The molecular weight excluding hydrogens is 342 g/mol. The van der Waals surface area contributed by atoms with Gasteiger partial charge in [0.25, 0.3) is 0 Å².